The Morgan fingerprint density at radius 1 is 1.10 bits per heavy atom. The molecule has 3 rings (SSSR count). The standard InChI is InChI=1S/C15H13BrN2O2/c1-10-2-4-11(5-3-10)19-9-8-14-18-15-12(20-14)6-7-13(16)17-15/h2-7H,8-9H2,1H3. The maximum atomic E-state index is 5.65. The highest BCUT2D eigenvalue weighted by Gasteiger charge is 2.07. The summed E-state index contributed by atoms with van der Waals surface area (Å²) in [6.07, 6.45) is 0.613. The van der Waals surface area contributed by atoms with Gasteiger partial charge in [0.1, 0.15) is 10.4 Å². The first-order chi connectivity index (χ1) is 9.70. The molecule has 0 atom stereocenters. The molecule has 20 heavy (non-hydrogen) atoms. The fourth-order valence-electron chi connectivity index (χ4n) is 1.84. The monoisotopic (exact) mass is 332 g/mol. The zero-order chi connectivity index (χ0) is 13.9. The van der Waals surface area contributed by atoms with Crippen molar-refractivity contribution in [2.75, 3.05) is 6.61 Å². The van der Waals surface area contributed by atoms with Gasteiger partial charge in [-0.15, -0.1) is 0 Å². The highest BCUT2D eigenvalue weighted by atomic mass is 79.9. The van der Waals surface area contributed by atoms with Crippen molar-refractivity contribution in [3.05, 3.63) is 52.5 Å². The van der Waals surface area contributed by atoms with Gasteiger partial charge < -0.3 is 9.15 Å². The molecule has 0 bridgehead atoms. The smallest absolute Gasteiger partial charge is 0.200 e. The quantitative estimate of drug-likeness (QED) is 0.679. The van der Waals surface area contributed by atoms with Crippen LogP contribution in [0.4, 0.5) is 0 Å². The summed E-state index contributed by atoms with van der Waals surface area (Å²) in [5.74, 6) is 1.49. The summed E-state index contributed by atoms with van der Waals surface area (Å²) in [6.45, 7) is 2.57. The normalized spacial score (nSPS) is 10.9. The molecule has 0 saturated carbocycles. The minimum absolute atomic E-state index is 0.525. The number of aromatic nitrogens is 2. The molecule has 2 aromatic heterocycles. The Balaban J connectivity index is 1.63. The summed E-state index contributed by atoms with van der Waals surface area (Å²) in [7, 11) is 0. The molecule has 0 aliphatic rings. The van der Waals surface area contributed by atoms with Gasteiger partial charge in [-0.1, -0.05) is 17.7 Å². The van der Waals surface area contributed by atoms with Crippen molar-refractivity contribution in [1.29, 1.82) is 0 Å². The molecule has 102 valence electrons. The fraction of sp³-hybridized carbons (Fsp3) is 0.200. The predicted octanol–water partition coefficient (Wildman–Crippen LogP) is 3.92. The number of nitrogens with zero attached hydrogens (tertiary/aromatic N) is 2. The molecule has 3 aromatic rings. The number of halogens is 1. The molecule has 0 aliphatic carbocycles. The number of hydrogen-bond acceptors (Lipinski definition) is 4. The van der Waals surface area contributed by atoms with Crippen LogP contribution < -0.4 is 4.74 Å². The van der Waals surface area contributed by atoms with E-state index in [4.69, 9.17) is 9.15 Å². The second kappa shape index (κ2) is 5.63. The summed E-state index contributed by atoms with van der Waals surface area (Å²) < 4.78 is 12.0. The van der Waals surface area contributed by atoms with Crippen LogP contribution in [0.5, 0.6) is 5.75 Å². The topological polar surface area (TPSA) is 48.2 Å². The number of oxazole rings is 1. The second-order valence-electron chi connectivity index (χ2n) is 4.47. The molecule has 0 spiro atoms. The average Bonchev–Trinajstić information content (AvgIpc) is 2.83. The Morgan fingerprint density at radius 3 is 2.70 bits per heavy atom. The van der Waals surface area contributed by atoms with E-state index in [9.17, 15) is 0 Å². The lowest BCUT2D eigenvalue weighted by molar-refractivity contribution is 0.308. The molecule has 1 aromatic carbocycles. The van der Waals surface area contributed by atoms with E-state index in [1.54, 1.807) is 0 Å². The van der Waals surface area contributed by atoms with Gasteiger partial charge >= 0.3 is 0 Å². The highest BCUT2D eigenvalue weighted by molar-refractivity contribution is 9.10. The van der Waals surface area contributed by atoms with Gasteiger partial charge in [0.05, 0.1) is 13.0 Å². The van der Waals surface area contributed by atoms with Crippen LogP contribution in [0, 0.1) is 6.92 Å². The van der Waals surface area contributed by atoms with E-state index in [0.717, 1.165) is 10.4 Å². The number of hydrogen-bond donors (Lipinski definition) is 0. The number of ether oxygens (including phenoxy) is 1. The first-order valence-corrected chi connectivity index (χ1v) is 7.11. The summed E-state index contributed by atoms with van der Waals surface area (Å²) >= 11 is 3.31. The van der Waals surface area contributed by atoms with Crippen LogP contribution in [0.2, 0.25) is 0 Å². The summed E-state index contributed by atoms with van der Waals surface area (Å²) in [5.41, 5.74) is 2.52. The lowest BCUT2D eigenvalue weighted by Crippen LogP contribution is -2.01. The van der Waals surface area contributed by atoms with Crippen LogP contribution >= 0.6 is 15.9 Å². The molecular formula is C15H13BrN2O2. The van der Waals surface area contributed by atoms with Crippen molar-refractivity contribution in [2.24, 2.45) is 0 Å². The van der Waals surface area contributed by atoms with Crippen molar-refractivity contribution >= 4 is 27.2 Å². The van der Waals surface area contributed by atoms with E-state index in [0.29, 0.717) is 30.1 Å². The van der Waals surface area contributed by atoms with Gasteiger partial charge in [0, 0.05) is 0 Å². The highest BCUT2D eigenvalue weighted by Crippen LogP contribution is 2.17. The first kappa shape index (κ1) is 13.1. The minimum Gasteiger partial charge on any atom is -0.493 e. The van der Waals surface area contributed by atoms with Gasteiger partial charge in [-0.3, -0.25) is 0 Å². The zero-order valence-corrected chi connectivity index (χ0v) is 12.6. The van der Waals surface area contributed by atoms with Crippen molar-refractivity contribution in [1.82, 2.24) is 9.97 Å². The SMILES string of the molecule is Cc1ccc(OCCc2nc3nc(Br)ccc3o2)cc1. The number of aryl methyl sites for hydroxylation is 1. The summed E-state index contributed by atoms with van der Waals surface area (Å²) in [5, 5.41) is 0. The van der Waals surface area contributed by atoms with E-state index in [-0.39, 0.29) is 0 Å². The van der Waals surface area contributed by atoms with Gasteiger partial charge in [-0.2, -0.15) is 4.98 Å². The van der Waals surface area contributed by atoms with Crippen LogP contribution in [0.25, 0.3) is 11.2 Å². The van der Waals surface area contributed by atoms with Crippen LogP contribution in [-0.4, -0.2) is 16.6 Å². The van der Waals surface area contributed by atoms with Gasteiger partial charge in [0.25, 0.3) is 0 Å². The number of rotatable bonds is 4. The third kappa shape index (κ3) is 2.99. The maximum Gasteiger partial charge on any atom is 0.200 e. The molecular weight excluding hydrogens is 320 g/mol. The number of benzene rings is 1. The lowest BCUT2D eigenvalue weighted by atomic mass is 10.2. The van der Waals surface area contributed by atoms with E-state index >= 15 is 0 Å². The van der Waals surface area contributed by atoms with Crippen molar-refractivity contribution in [2.45, 2.75) is 13.3 Å². The number of pyridine rings is 1. The lowest BCUT2D eigenvalue weighted by Gasteiger charge is -2.04. The average molecular weight is 333 g/mol. The van der Waals surface area contributed by atoms with E-state index in [1.807, 2.05) is 43.3 Å². The Labute approximate surface area is 124 Å². The van der Waals surface area contributed by atoms with Gasteiger partial charge in [0.15, 0.2) is 17.1 Å². The fourth-order valence-corrected chi connectivity index (χ4v) is 2.14. The Morgan fingerprint density at radius 2 is 1.90 bits per heavy atom. The van der Waals surface area contributed by atoms with Crippen molar-refractivity contribution in [3.8, 4) is 5.75 Å². The van der Waals surface area contributed by atoms with Crippen LogP contribution in [0.1, 0.15) is 11.5 Å². The van der Waals surface area contributed by atoms with E-state index in [1.165, 1.54) is 5.56 Å². The van der Waals surface area contributed by atoms with Gasteiger partial charge in [-0.05, 0) is 47.1 Å². The van der Waals surface area contributed by atoms with Gasteiger partial charge in [0.2, 0.25) is 0 Å². The molecule has 0 fully saturated rings. The Kier molecular flexibility index (Phi) is 3.69. The molecule has 0 amide bonds. The summed E-state index contributed by atoms with van der Waals surface area (Å²) in [4.78, 5) is 8.57. The zero-order valence-electron chi connectivity index (χ0n) is 11.0. The molecule has 0 aliphatic heterocycles. The molecule has 2 heterocycles. The predicted molar refractivity (Wildman–Crippen MR) is 79.9 cm³/mol. The van der Waals surface area contributed by atoms with E-state index < -0.39 is 0 Å². The molecule has 5 heteroatoms. The number of fused-ring (bicyclic) bond motifs is 1. The van der Waals surface area contributed by atoms with Crippen molar-refractivity contribution in [3.63, 3.8) is 0 Å². The van der Waals surface area contributed by atoms with Crippen molar-refractivity contribution < 1.29 is 9.15 Å². The third-order valence-electron chi connectivity index (χ3n) is 2.87. The Hall–Kier alpha value is -1.88. The Bertz CT molecular complexity index is 722. The van der Waals surface area contributed by atoms with Gasteiger partial charge in [-0.25, -0.2) is 4.98 Å². The molecule has 0 radical (unpaired) electrons. The maximum absolute atomic E-state index is 5.65. The third-order valence-corrected chi connectivity index (χ3v) is 3.31. The van der Waals surface area contributed by atoms with E-state index in [2.05, 4.69) is 25.9 Å². The second-order valence-corrected chi connectivity index (χ2v) is 5.29. The van der Waals surface area contributed by atoms with Crippen LogP contribution in [-0.2, 0) is 6.42 Å². The van der Waals surface area contributed by atoms with Crippen LogP contribution in [0.3, 0.4) is 0 Å². The first-order valence-electron chi connectivity index (χ1n) is 6.32. The molecule has 0 unspecified atom stereocenters. The molecule has 4 nitrogen and oxygen atoms in total. The van der Waals surface area contributed by atoms with Crippen LogP contribution in [0.15, 0.2) is 45.4 Å². The molecule has 0 N–H and O–H groups in total. The summed E-state index contributed by atoms with van der Waals surface area (Å²) in [6, 6.07) is 11.6. The minimum atomic E-state index is 0.525. The molecule has 0 saturated heterocycles. The largest absolute Gasteiger partial charge is 0.493 e.